The third-order valence-electron chi connectivity index (χ3n) is 3.56. The Morgan fingerprint density at radius 3 is 2.50 bits per heavy atom. The molecule has 3 heteroatoms. The predicted molar refractivity (Wildman–Crippen MR) is 59.0 cm³/mol. The molecule has 1 aliphatic carbocycles. The minimum Gasteiger partial charge on any atom is -0.508 e. The molecule has 1 N–H and O–H groups in total. The number of halogens is 2. The second-order valence-corrected chi connectivity index (χ2v) is 4.46. The zero-order chi connectivity index (χ0) is 11.7. The summed E-state index contributed by atoms with van der Waals surface area (Å²) in [6.45, 7) is 1.87. The van der Waals surface area contributed by atoms with Gasteiger partial charge in [0.25, 0.3) is 0 Å². The Morgan fingerprint density at radius 2 is 1.94 bits per heavy atom. The maximum atomic E-state index is 13.8. The zero-order valence-corrected chi connectivity index (χ0v) is 9.24. The van der Waals surface area contributed by atoms with E-state index < -0.39 is 18.3 Å². The Kier molecular flexibility index (Phi) is 3.13. The largest absolute Gasteiger partial charge is 0.508 e. The van der Waals surface area contributed by atoms with Crippen LogP contribution in [0.4, 0.5) is 8.78 Å². The molecule has 1 aromatic carbocycles. The van der Waals surface area contributed by atoms with E-state index >= 15 is 0 Å². The molecule has 1 aromatic rings. The van der Waals surface area contributed by atoms with Crippen LogP contribution in [0, 0.1) is 5.92 Å². The fourth-order valence-electron chi connectivity index (χ4n) is 2.56. The molecule has 0 bridgehead atoms. The lowest BCUT2D eigenvalue weighted by atomic mass is 9.94. The first-order valence-corrected chi connectivity index (χ1v) is 5.71. The van der Waals surface area contributed by atoms with Crippen molar-refractivity contribution < 1.29 is 13.9 Å². The predicted octanol–water partition coefficient (Wildman–Crippen LogP) is 3.58. The molecule has 0 spiro atoms. The second kappa shape index (κ2) is 4.40. The van der Waals surface area contributed by atoms with E-state index in [0.717, 1.165) is 0 Å². The van der Waals surface area contributed by atoms with E-state index in [9.17, 15) is 13.9 Å². The lowest BCUT2D eigenvalue weighted by molar-refractivity contribution is 0.153. The van der Waals surface area contributed by atoms with Crippen molar-refractivity contribution >= 4 is 0 Å². The maximum Gasteiger partial charge on any atom is 0.138 e. The van der Waals surface area contributed by atoms with Crippen molar-refractivity contribution in [2.75, 3.05) is 0 Å². The molecule has 0 heterocycles. The van der Waals surface area contributed by atoms with Gasteiger partial charge >= 0.3 is 0 Å². The molecule has 1 fully saturated rings. The van der Waals surface area contributed by atoms with Gasteiger partial charge in [-0.2, -0.15) is 0 Å². The van der Waals surface area contributed by atoms with Crippen LogP contribution in [0.2, 0.25) is 0 Å². The van der Waals surface area contributed by atoms with Crippen molar-refractivity contribution in [2.45, 2.75) is 38.0 Å². The third-order valence-corrected chi connectivity index (χ3v) is 3.56. The normalized spacial score (nSPS) is 34.2. The lowest BCUT2D eigenvalue weighted by Crippen LogP contribution is -2.19. The van der Waals surface area contributed by atoms with Crippen LogP contribution < -0.4 is 0 Å². The third kappa shape index (κ3) is 1.79. The van der Waals surface area contributed by atoms with Crippen LogP contribution in [0.3, 0.4) is 0 Å². The topological polar surface area (TPSA) is 20.2 Å². The van der Waals surface area contributed by atoms with Crippen LogP contribution in [-0.4, -0.2) is 17.4 Å². The van der Waals surface area contributed by atoms with E-state index in [1.807, 2.05) is 6.92 Å². The number of phenols is 1. The van der Waals surface area contributed by atoms with Gasteiger partial charge in [0.2, 0.25) is 0 Å². The summed E-state index contributed by atoms with van der Waals surface area (Å²) in [4.78, 5) is 0. The van der Waals surface area contributed by atoms with Crippen LogP contribution >= 0.6 is 0 Å². The minimum atomic E-state index is -1.49. The van der Waals surface area contributed by atoms with Gasteiger partial charge in [0.05, 0.1) is 0 Å². The summed E-state index contributed by atoms with van der Waals surface area (Å²) < 4.78 is 27.4. The Morgan fingerprint density at radius 1 is 1.25 bits per heavy atom. The van der Waals surface area contributed by atoms with Gasteiger partial charge in [0.15, 0.2) is 0 Å². The van der Waals surface area contributed by atoms with Gasteiger partial charge in [-0.25, -0.2) is 8.78 Å². The molecule has 0 aliphatic heterocycles. The van der Waals surface area contributed by atoms with Gasteiger partial charge in [-0.1, -0.05) is 31.5 Å². The first-order valence-electron chi connectivity index (χ1n) is 5.71. The van der Waals surface area contributed by atoms with Crippen LogP contribution in [0.25, 0.3) is 0 Å². The number of aromatic hydroxyl groups is 1. The van der Waals surface area contributed by atoms with Gasteiger partial charge in [-0.05, 0) is 24.0 Å². The molecule has 0 saturated heterocycles. The molecule has 0 aromatic heterocycles. The van der Waals surface area contributed by atoms with Gasteiger partial charge in [-0.15, -0.1) is 0 Å². The summed E-state index contributed by atoms with van der Waals surface area (Å²) in [5.74, 6) is -0.653. The monoisotopic (exact) mass is 226 g/mol. The maximum absolute atomic E-state index is 13.8. The van der Waals surface area contributed by atoms with E-state index in [-0.39, 0.29) is 11.7 Å². The highest BCUT2D eigenvalue weighted by molar-refractivity contribution is 5.36. The molecule has 4 unspecified atom stereocenters. The van der Waals surface area contributed by atoms with Crippen molar-refractivity contribution in [3.05, 3.63) is 29.8 Å². The lowest BCUT2D eigenvalue weighted by Gasteiger charge is -2.14. The first kappa shape index (κ1) is 11.4. The summed E-state index contributed by atoms with van der Waals surface area (Å²) in [6, 6.07) is 6.63. The van der Waals surface area contributed by atoms with E-state index in [1.54, 1.807) is 18.2 Å². The smallest absolute Gasteiger partial charge is 0.138 e. The number of phenolic OH excluding ortho intramolecular Hbond substituents is 1. The van der Waals surface area contributed by atoms with Gasteiger partial charge in [0, 0.05) is 5.92 Å². The highest BCUT2D eigenvalue weighted by Crippen LogP contribution is 2.45. The van der Waals surface area contributed by atoms with Crippen molar-refractivity contribution in [3.8, 4) is 5.75 Å². The number of alkyl halides is 2. The van der Waals surface area contributed by atoms with Crippen LogP contribution in [0.15, 0.2) is 24.3 Å². The molecule has 1 nitrogen and oxygen atoms in total. The number of rotatable bonds is 2. The number of hydrogen-bond donors (Lipinski definition) is 1. The van der Waals surface area contributed by atoms with Gasteiger partial charge < -0.3 is 5.11 Å². The van der Waals surface area contributed by atoms with E-state index in [4.69, 9.17) is 0 Å². The zero-order valence-electron chi connectivity index (χ0n) is 9.24. The summed E-state index contributed by atoms with van der Waals surface area (Å²) in [5.41, 5.74) is 0.536. The molecule has 16 heavy (non-hydrogen) atoms. The molecule has 2 rings (SSSR count). The quantitative estimate of drug-likeness (QED) is 0.817. The molecular formula is C13H16F2O. The highest BCUT2D eigenvalue weighted by Gasteiger charge is 2.44. The van der Waals surface area contributed by atoms with Gasteiger partial charge in [-0.3, -0.25) is 0 Å². The summed E-state index contributed by atoms with van der Waals surface area (Å²) in [5, 5.41) is 9.64. The molecule has 4 atom stereocenters. The fourth-order valence-corrected chi connectivity index (χ4v) is 2.56. The van der Waals surface area contributed by atoms with Crippen LogP contribution in [0.5, 0.6) is 5.75 Å². The standard InChI is InChI=1S/C13H16F2O/c1-2-8-7-10(13(15)12(8)14)9-5-3-4-6-11(9)16/h3-6,8,10,12-13,16H,2,7H2,1H3. The van der Waals surface area contributed by atoms with Crippen LogP contribution in [0.1, 0.15) is 31.2 Å². The summed E-state index contributed by atoms with van der Waals surface area (Å²) in [6.07, 6.45) is -1.75. The first-order chi connectivity index (χ1) is 7.65. The van der Waals surface area contributed by atoms with Crippen molar-refractivity contribution in [3.63, 3.8) is 0 Å². The van der Waals surface area contributed by atoms with E-state index in [2.05, 4.69) is 0 Å². The average molecular weight is 226 g/mol. The summed E-state index contributed by atoms with van der Waals surface area (Å²) in [7, 11) is 0. The fraction of sp³-hybridized carbons (Fsp3) is 0.538. The van der Waals surface area contributed by atoms with Crippen molar-refractivity contribution in [1.82, 2.24) is 0 Å². The average Bonchev–Trinajstić information content (AvgIpc) is 2.57. The Balaban J connectivity index is 2.26. The van der Waals surface area contributed by atoms with Gasteiger partial charge in [0.1, 0.15) is 18.1 Å². The SMILES string of the molecule is CCC1CC(c2ccccc2O)C(F)C1F. The number of benzene rings is 1. The second-order valence-electron chi connectivity index (χ2n) is 4.46. The molecule has 0 radical (unpaired) electrons. The number of para-hydroxylation sites is 1. The Bertz CT molecular complexity index is 367. The highest BCUT2D eigenvalue weighted by atomic mass is 19.2. The Hall–Kier alpha value is -1.12. The molecule has 1 saturated carbocycles. The number of hydrogen-bond acceptors (Lipinski definition) is 1. The molecule has 0 amide bonds. The minimum absolute atomic E-state index is 0.0686. The van der Waals surface area contributed by atoms with Crippen molar-refractivity contribution in [1.29, 1.82) is 0 Å². The van der Waals surface area contributed by atoms with E-state index in [0.29, 0.717) is 18.4 Å². The van der Waals surface area contributed by atoms with Crippen LogP contribution in [-0.2, 0) is 0 Å². The van der Waals surface area contributed by atoms with Crippen molar-refractivity contribution in [2.24, 2.45) is 5.92 Å². The molecule has 1 aliphatic rings. The Labute approximate surface area is 94.1 Å². The molecule has 88 valence electrons. The van der Waals surface area contributed by atoms with E-state index in [1.165, 1.54) is 6.07 Å². The molecular weight excluding hydrogens is 210 g/mol. The summed E-state index contributed by atoms with van der Waals surface area (Å²) >= 11 is 0.